The number of halogens is 1. The van der Waals surface area contributed by atoms with Gasteiger partial charge >= 0.3 is 6.03 Å². The third-order valence-corrected chi connectivity index (χ3v) is 21.3. The number of rotatable bonds is 19. The van der Waals surface area contributed by atoms with Crippen LogP contribution in [0, 0.1) is 11.8 Å². The number of hydrogen-bond donors (Lipinski definition) is 15. The van der Waals surface area contributed by atoms with Crippen molar-refractivity contribution in [1.29, 1.82) is 0 Å². The molecule has 16 atom stereocenters. The number of urea groups is 1. The molecule has 72 heavy (non-hydrogen) atoms. The summed E-state index contributed by atoms with van der Waals surface area (Å²) in [7, 11) is -25.1. The first-order valence-corrected chi connectivity index (χ1v) is 32.2. The molecule has 6 fully saturated rings. The Morgan fingerprint density at radius 2 is 1.25 bits per heavy atom. The van der Waals surface area contributed by atoms with Crippen LogP contribution in [0.3, 0.4) is 0 Å². The number of carbonyl (C=O) groups is 1. The fraction of sp³-hybridized carbons (Fsp3) is 0.971. The topological polar surface area (TPSA) is 504 Å². The SMILES string of the molecule is NC(=O)NC1CC(NC2NC(Cl)NC(NC3CC(N)C(S(=O)(=O)O)CC3N=NC3CCC(SOOCCS(=O)(O)(O)O)CC3)N2)CCC1N=NC1CC2C(CC(S(=O)(=O)O)CC2S(=O)(=O)O)C(S(=O)(=O)O)C1. The van der Waals surface area contributed by atoms with Gasteiger partial charge in [-0.3, -0.25) is 58.5 Å². The number of hydrogen-bond acceptors (Lipinski definition) is 23. The van der Waals surface area contributed by atoms with E-state index < -0.39 is 169 Å². The fourth-order valence-corrected chi connectivity index (χ4v) is 16.5. The summed E-state index contributed by atoms with van der Waals surface area (Å²) in [4.78, 5) is 17.0. The predicted molar refractivity (Wildman–Crippen MR) is 257 cm³/mol. The van der Waals surface area contributed by atoms with E-state index in [1.165, 1.54) is 0 Å². The van der Waals surface area contributed by atoms with Crippen LogP contribution in [0.15, 0.2) is 20.5 Å². The summed E-state index contributed by atoms with van der Waals surface area (Å²) < 4.78 is 182. The second-order valence-electron chi connectivity index (χ2n) is 19.3. The van der Waals surface area contributed by atoms with Crippen molar-refractivity contribution in [3.05, 3.63) is 0 Å². The highest BCUT2D eigenvalue weighted by Crippen LogP contribution is 2.48. The van der Waals surface area contributed by atoms with Gasteiger partial charge in [0, 0.05) is 35.4 Å². The van der Waals surface area contributed by atoms with Gasteiger partial charge in [-0.2, -0.15) is 58.5 Å². The van der Waals surface area contributed by atoms with E-state index in [0.29, 0.717) is 32.1 Å². The Morgan fingerprint density at radius 1 is 0.667 bits per heavy atom. The molecule has 17 N–H and O–H groups in total. The molecular formula is C34H65ClN12O19S6. The number of carbonyl (C=O) groups excluding carboxylic acids is 1. The van der Waals surface area contributed by atoms with Crippen molar-refractivity contribution < 1.29 is 83.8 Å². The van der Waals surface area contributed by atoms with E-state index in [-0.39, 0.29) is 55.9 Å². The second kappa shape index (κ2) is 23.6. The van der Waals surface area contributed by atoms with Gasteiger partial charge in [0.2, 0.25) is 0 Å². The lowest BCUT2D eigenvalue weighted by Gasteiger charge is -2.46. The maximum absolute atomic E-state index is 12.6. The van der Waals surface area contributed by atoms with Crippen LogP contribution < -0.4 is 43.4 Å². The van der Waals surface area contributed by atoms with Gasteiger partial charge in [0.25, 0.3) is 40.5 Å². The summed E-state index contributed by atoms with van der Waals surface area (Å²) in [5, 5.41) is 30.2. The van der Waals surface area contributed by atoms with E-state index in [0.717, 1.165) is 12.0 Å². The van der Waals surface area contributed by atoms with E-state index in [4.69, 9.17) is 45.9 Å². The lowest BCUT2D eigenvalue weighted by atomic mass is 9.68. The van der Waals surface area contributed by atoms with Crippen molar-refractivity contribution in [2.45, 2.75) is 176 Å². The number of nitrogens with zero attached hydrogens (tertiary/aromatic N) is 4. The summed E-state index contributed by atoms with van der Waals surface area (Å²) in [5.41, 5.74) is 11.0. The zero-order chi connectivity index (χ0) is 53.2. The average molecular weight is 1170 g/mol. The van der Waals surface area contributed by atoms with Crippen LogP contribution in [0.4, 0.5) is 4.79 Å². The first-order chi connectivity index (χ1) is 33.2. The van der Waals surface area contributed by atoms with Crippen molar-refractivity contribution in [2.75, 3.05) is 12.4 Å². The van der Waals surface area contributed by atoms with Gasteiger partial charge in [0.1, 0.15) is 23.5 Å². The monoisotopic (exact) mass is 1170 g/mol. The molecule has 0 spiro atoms. The van der Waals surface area contributed by atoms with Crippen LogP contribution in [0.2, 0.25) is 0 Å². The van der Waals surface area contributed by atoms with E-state index >= 15 is 0 Å². The molecule has 0 aromatic rings. The van der Waals surface area contributed by atoms with Crippen LogP contribution in [-0.2, 0) is 59.6 Å². The van der Waals surface area contributed by atoms with Gasteiger partial charge in [-0.15, -0.1) is 0 Å². The average Bonchev–Trinajstić information content (AvgIpc) is 3.23. The number of alkyl halides is 1. The first-order valence-electron chi connectivity index (χ1n) is 22.9. The number of nitrogens with two attached hydrogens (primary N) is 2. The minimum Gasteiger partial charge on any atom is -0.352 e. The molecule has 0 aromatic carbocycles. The van der Waals surface area contributed by atoms with Crippen LogP contribution in [0.5, 0.6) is 0 Å². The minimum absolute atomic E-state index is 0.0408. The zero-order valence-electron chi connectivity index (χ0n) is 38.3. The van der Waals surface area contributed by atoms with Gasteiger partial charge < -0.3 is 16.8 Å². The lowest BCUT2D eigenvalue weighted by molar-refractivity contribution is -0.186. The molecule has 5 saturated carbocycles. The molecule has 6 rings (SSSR count). The largest absolute Gasteiger partial charge is 0.352 e. The Hall–Kier alpha value is -1.54. The van der Waals surface area contributed by atoms with E-state index in [2.05, 4.69) is 52.4 Å². The predicted octanol–water partition coefficient (Wildman–Crippen LogP) is -0.881. The first kappa shape index (κ1) is 59.7. The summed E-state index contributed by atoms with van der Waals surface area (Å²) in [6.45, 7) is -0.544. The molecule has 5 aliphatic carbocycles. The van der Waals surface area contributed by atoms with Crippen molar-refractivity contribution in [1.82, 2.24) is 31.9 Å². The fourth-order valence-electron chi connectivity index (χ4n) is 10.7. The number of nitrogens with one attached hydrogen (secondary N) is 6. The number of amides is 2. The quantitative estimate of drug-likeness (QED) is 0.0109. The molecule has 0 bridgehead atoms. The molecule has 0 aromatic heterocycles. The van der Waals surface area contributed by atoms with Gasteiger partial charge in [-0.1, -0.05) is 11.6 Å². The summed E-state index contributed by atoms with van der Waals surface area (Å²) in [5.74, 6) is -3.41. The van der Waals surface area contributed by atoms with Crippen LogP contribution in [-0.4, -0.2) is 181 Å². The standard InChI is InChI=1S/C34H65ClN12O19S6/c35-31-41-33(43-34(42-31)40-26-14-23(36)30(71(58,59)60)15-27(26)47-44-16-1-4-19(5-2-16)67-66-65-7-8-72(61,62,63)64)38-17-3-6-24(25(10-17)39-32(37)48)46-45-18-9-21-22(28(11-18)69(52,53)54)12-20(68(49,50)51)13-29(21)70(55,56)57/h16-31,33-34,38,40-43H,1-15,36H2,(H3,37,39,48)(H,49,50,51)(H,52,53,54)(H,55,56,57)(H,58,59,60)(H3,61,62,63,64). The van der Waals surface area contributed by atoms with Crippen LogP contribution in [0.25, 0.3) is 0 Å². The molecule has 16 unspecified atom stereocenters. The van der Waals surface area contributed by atoms with Gasteiger partial charge in [-0.05, 0) is 95.3 Å². The van der Waals surface area contributed by atoms with Gasteiger partial charge in [-0.25, -0.2) is 13.9 Å². The third-order valence-electron chi connectivity index (χ3n) is 14.1. The number of fused-ring (bicyclic) bond motifs is 1. The molecule has 0 radical (unpaired) electrons. The number of primary amides is 1. The maximum Gasteiger partial charge on any atom is 0.312 e. The lowest BCUT2D eigenvalue weighted by Crippen LogP contribution is -2.76. The molecule has 1 aliphatic heterocycles. The summed E-state index contributed by atoms with van der Waals surface area (Å²) in [6.07, 6.45) is -0.0312. The molecule has 1 heterocycles. The number of azo groups is 2. The molecule has 418 valence electrons. The Morgan fingerprint density at radius 3 is 1.85 bits per heavy atom. The summed E-state index contributed by atoms with van der Waals surface area (Å²) >= 11 is 7.56. The Bertz CT molecular complexity index is 2480. The van der Waals surface area contributed by atoms with Crippen molar-refractivity contribution >= 4 is 80.1 Å². The van der Waals surface area contributed by atoms with Crippen LogP contribution >= 0.6 is 23.6 Å². The van der Waals surface area contributed by atoms with Crippen molar-refractivity contribution in [2.24, 2.45) is 43.8 Å². The van der Waals surface area contributed by atoms with Crippen molar-refractivity contribution in [3.8, 4) is 0 Å². The molecule has 6 aliphatic rings. The molecule has 31 nitrogen and oxygen atoms in total. The van der Waals surface area contributed by atoms with E-state index in [1.807, 2.05) is 0 Å². The van der Waals surface area contributed by atoms with E-state index in [9.17, 15) is 60.9 Å². The normalized spacial score (nSPS) is 39.5. The second-order valence-corrected chi connectivity index (χ2v) is 29.7. The minimum atomic E-state index is -5.71. The van der Waals surface area contributed by atoms with Gasteiger partial charge in [0.15, 0.2) is 9.91 Å². The molecular weight excluding hydrogens is 1110 g/mol. The maximum atomic E-state index is 12.6. The van der Waals surface area contributed by atoms with Gasteiger partial charge in [0.05, 0.1) is 58.3 Å². The molecule has 38 heteroatoms. The highest BCUT2D eigenvalue weighted by Gasteiger charge is 2.55. The Labute approximate surface area is 425 Å². The molecule has 2 amide bonds. The highest BCUT2D eigenvalue weighted by atomic mass is 35.5. The van der Waals surface area contributed by atoms with Crippen LogP contribution in [0.1, 0.15) is 83.5 Å². The zero-order valence-corrected chi connectivity index (χ0v) is 44.0. The molecule has 1 saturated heterocycles. The highest BCUT2D eigenvalue weighted by molar-refractivity contribution is 8.05. The van der Waals surface area contributed by atoms with Crippen molar-refractivity contribution in [3.63, 3.8) is 0 Å². The van der Waals surface area contributed by atoms with E-state index in [1.54, 1.807) is 0 Å². The summed E-state index contributed by atoms with van der Waals surface area (Å²) in [6, 6.07) is -6.30. The third kappa shape index (κ3) is 17.5. The Balaban J connectivity index is 1.06. The smallest absolute Gasteiger partial charge is 0.312 e. The Kier molecular flexibility index (Phi) is 19.6.